The standard InChI is InChI=1S/C16H15ClFNO2/c17-14-10-13(6-7-15(14)18)16(21)19(8-9-20)11-12-4-2-1-3-5-12/h1-7,10,20H,8-9,11H2. The van der Waals surface area contributed by atoms with Gasteiger partial charge in [0.25, 0.3) is 5.91 Å². The highest BCUT2D eigenvalue weighted by Gasteiger charge is 2.17. The maximum Gasteiger partial charge on any atom is 0.254 e. The summed E-state index contributed by atoms with van der Waals surface area (Å²) in [6, 6.07) is 13.3. The Hall–Kier alpha value is -1.91. The molecule has 0 spiro atoms. The van der Waals surface area contributed by atoms with Crippen LogP contribution in [0.5, 0.6) is 0 Å². The van der Waals surface area contributed by atoms with Gasteiger partial charge < -0.3 is 10.0 Å². The Morgan fingerprint density at radius 2 is 1.90 bits per heavy atom. The molecule has 110 valence electrons. The smallest absolute Gasteiger partial charge is 0.254 e. The van der Waals surface area contributed by atoms with Crippen molar-refractivity contribution in [1.82, 2.24) is 4.90 Å². The van der Waals surface area contributed by atoms with Crippen LogP contribution in [0.1, 0.15) is 15.9 Å². The molecule has 0 saturated heterocycles. The van der Waals surface area contributed by atoms with Gasteiger partial charge in [0, 0.05) is 18.7 Å². The molecule has 5 heteroatoms. The average Bonchev–Trinajstić information content (AvgIpc) is 2.50. The molecule has 2 aromatic carbocycles. The van der Waals surface area contributed by atoms with Crippen LogP contribution < -0.4 is 0 Å². The molecule has 0 aliphatic carbocycles. The highest BCUT2D eigenvalue weighted by molar-refractivity contribution is 6.31. The molecule has 1 amide bonds. The number of benzene rings is 2. The molecule has 2 aromatic rings. The molecule has 0 saturated carbocycles. The van der Waals surface area contributed by atoms with Crippen molar-refractivity contribution in [1.29, 1.82) is 0 Å². The molecule has 0 radical (unpaired) electrons. The van der Waals surface area contributed by atoms with E-state index in [4.69, 9.17) is 16.7 Å². The molecule has 0 heterocycles. The van der Waals surface area contributed by atoms with Gasteiger partial charge in [-0.2, -0.15) is 0 Å². The number of carbonyl (C=O) groups is 1. The molecular weight excluding hydrogens is 293 g/mol. The first-order valence-corrected chi connectivity index (χ1v) is 6.88. The van der Waals surface area contributed by atoms with Gasteiger partial charge in [0.15, 0.2) is 0 Å². The van der Waals surface area contributed by atoms with Crippen molar-refractivity contribution in [3.05, 3.63) is 70.5 Å². The highest BCUT2D eigenvalue weighted by Crippen LogP contribution is 2.18. The molecule has 2 rings (SSSR count). The Morgan fingerprint density at radius 3 is 2.52 bits per heavy atom. The van der Waals surface area contributed by atoms with E-state index >= 15 is 0 Å². The van der Waals surface area contributed by atoms with Gasteiger partial charge in [-0.3, -0.25) is 4.79 Å². The predicted octanol–water partition coefficient (Wildman–Crippen LogP) is 3.11. The third kappa shape index (κ3) is 4.03. The first-order chi connectivity index (χ1) is 10.1. The van der Waals surface area contributed by atoms with Crippen molar-refractivity contribution in [2.75, 3.05) is 13.2 Å². The first kappa shape index (κ1) is 15.5. The highest BCUT2D eigenvalue weighted by atomic mass is 35.5. The zero-order valence-electron chi connectivity index (χ0n) is 11.3. The summed E-state index contributed by atoms with van der Waals surface area (Å²) in [4.78, 5) is 13.9. The minimum atomic E-state index is -0.565. The van der Waals surface area contributed by atoms with Gasteiger partial charge in [-0.15, -0.1) is 0 Å². The summed E-state index contributed by atoms with van der Waals surface area (Å²) in [5.74, 6) is -0.861. The van der Waals surface area contributed by atoms with Crippen molar-refractivity contribution in [3.8, 4) is 0 Å². The molecule has 0 aliphatic rings. The summed E-state index contributed by atoms with van der Waals surface area (Å²) < 4.78 is 13.2. The number of halogens is 2. The van der Waals surface area contributed by atoms with E-state index in [2.05, 4.69) is 0 Å². The lowest BCUT2D eigenvalue weighted by Crippen LogP contribution is -2.33. The van der Waals surface area contributed by atoms with Gasteiger partial charge in [-0.1, -0.05) is 41.9 Å². The number of carbonyl (C=O) groups excluding carboxylic acids is 1. The van der Waals surface area contributed by atoms with Gasteiger partial charge in [-0.25, -0.2) is 4.39 Å². The summed E-state index contributed by atoms with van der Waals surface area (Å²) in [7, 11) is 0. The summed E-state index contributed by atoms with van der Waals surface area (Å²) in [5, 5.41) is 9.04. The molecule has 0 fully saturated rings. The fourth-order valence-corrected chi connectivity index (χ4v) is 2.17. The van der Waals surface area contributed by atoms with Crippen molar-refractivity contribution in [3.63, 3.8) is 0 Å². The Bertz CT molecular complexity index is 619. The lowest BCUT2D eigenvalue weighted by atomic mass is 10.1. The van der Waals surface area contributed by atoms with Crippen LogP contribution in [0.15, 0.2) is 48.5 Å². The minimum Gasteiger partial charge on any atom is -0.395 e. The van der Waals surface area contributed by atoms with Gasteiger partial charge in [-0.05, 0) is 23.8 Å². The predicted molar refractivity (Wildman–Crippen MR) is 79.7 cm³/mol. The van der Waals surface area contributed by atoms with Crippen molar-refractivity contribution >= 4 is 17.5 Å². The number of nitrogens with zero attached hydrogens (tertiary/aromatic N) is 1. The zero-order valence-corrected chi connectivity index (χ0v) is 12.1. The van der Waals surface area contributed by atoms with Gasteiger partial charge in [0.1, 0.15) is 5.82 Å². The molecule has 1 N–H and O–H groups in total. The largest absolute Gasteiger partial charge is 0.395 e. The summed E-state index contributed by atoms with van der Waals surface area (Å²) in [6.45, 7) is 0.422. The normalized spacial score (nSPS) is 10.4. The zero-order chi connectivity index (χ0) is 15.2. The number of rotatable bonds is 5. The second kappa shape index (κ2) is 7.20. The number of amides is 1. The Kier molecular flexibility index (Phi) is 5.31. The van der Waals surface area contributed by atoms with E-state index in [0.717, 1.165) is 11.6 Å². The molecule has 0 aromatic heterocycles. The van der Waals surface area contributed by atoms with Crippen molar-refractivity contribution in [2.24, 2.45) is 0 Å². The summed E-state index contributed by atoms with van der Waals surface area (Å²) in [5.41, 5.74) is 1.25. The van der Waals surface area contributed by atoms with Crippen LogP contribution in [-0.4, -0.2) is 29.1 Å². The van der Waals surface area contributed by atoms with E-state index in [0.29, 0.717) is 12.1 Å². The van der Waals surface area contributed by atoms with E-state index < -0.39 is 5.82 Å². The lowest BCUT2D eigenvalue weighted by molar-refractivity contribution is 0.0708. The van der Waals surface area contributed by atoms with Gasteiger partial charge in [0.2, 0.25) is 0 Å². The van der Waals surface area contributed by atoms with Crippen LogP contribution in [0.4, 0.5) is 4.39 Å². The van der Waals surface area contributed by atoms with E-state index in [9.17, 15) is 9.18 Å². The molecular formula is C16H15ClFNO2. The molecule has 0 aliphatic heterocycles. The van der Waals surface area contributed by atoms with Crippen LogP contribution in [0, 0.1) is 5.82 Å². The van der Waals surface area contributed by atoms with Gasteiger partial charge >= 0.3 is 0 Å². The molecule has 0 unspecified atom stereocenters. The number of aliphatic hydroxyl groups is 1. The maximum absolute atomic E-state index is 13.2. The second-order valence-electron chi connectivity index (χ2n) is 4.56. The second-order valence-corrected chi connectivity index (χ2v) is 4.97. The summed E-state index contributed by atoms with van der Waals surface area (Å²) >= 11 is 5.70. The topological polar surface area (TPSA) is 40.5 Å². The first-order valence-electron chi connectivity index (χ1n) is 6.51. The van der Waals surface area contributed by atoms with Crippen molar-refractivity contribution < 1.29 is 14.3 Å². The Morgan fingerprint density at radius 1 is 1.19 bits per heavy atom. The SMILES string of the molecule is O=C(c1ccc(F)c(Cl)c1)N(CCO)Cc1ccccc1. The third-order valence-corrected chi connectivity index (χ3v) is 3.33. The van der Waals surface area contributed by atoms with E-state index in [1.807, 2.05) is 30.3 Å². The van der Waals surface area contributed by atoms with Crippen LogP contribution >= 0.6 is 11.6 Å². The Balaban J connectivity index is 2.20. The average molecular weight is 308 g/mol. The number of hydrogen-bond acceptors (Lipinski definition) is 2. The molecule has 0 atom stereocenters. The van der Waals surface area contributed by atoms with Gasteiger partial charge in [0.05, 0.1) is 11.6 Å². The fourth-order valence-electron chi connectivity index (χ4n) is 1.99. The van der Waals surface area contributed by atoms with Crippen LogP contribution in [0.2, 0.25) is 5.02 Å². The minimum absolute atomic E-state index is 0.0930. The van der Waals surface area contributed by atoms with Crippen LogP contribution in [0.25, 0.3) is 0 Å². The van der Waals surface area contributed by atoms with E-state index in [-0.39, 0.29) is 24.1 Å². The molecule has 3 nitrogen and oxygen atoms in total. The van der Waals surface area contributed by atoms with Crippen LogP contribution in [-0.2, 0) is 6.54 Å². The van der Waals surface area contributed by atoms with Crippen molar-refractivity contribution in [2.45, 2.75) is 6.54 Å². The number of hydrogen-bond donors (Lipinski definition) is 1. The fraction of sp³-hybridized carbons (Fsp3) is 0.188. The van der Waals surface area contributed by atoms with Crippen LogP contribution in [0.3, 0.4) is 0 Å². The number of aliphatic hydroxyl groups excluding tert-OH is 1. The third-order valence-electron chi connectivity index (χ3n) is 3.04. The molecule has 0 bridgehead atoms. The van der Waals surface area contributed by atoms with E-state index in [1.54, 1.807) is 0 Å². The summed E-state index contributed by atoms with van der Waals surface area (Å²) in [6.07, 6.45) is 0. The maximum atomic E-state index is 13.2. The monoisotopic (exact) mass is 307 g/mol. The Labute approximate surface area is 127 Å². The van der Waals surface area contributed by atoms with E-state index in [1.165, 1.54) is 17.0 Å². The quantitative estimate of drug-likeness (QED) is 0.922. The lowest BCUT2D eigenvalue weighted by Gasteiger charge is -2.22. The molecule has 21 heavy (non-hydrogen) atoms.